The van der Waals surface area contributed by atoms with E-state index < -0.39 is 0 Å². The van der Waals surface area contributed by atoms with Gasteiger partial charge >= 0.3 is 0 Å². The number of rotatable bonds is 9. The van der Waals surface area contributed by atoms with Crippen molar-refractivity contribution in [2.45, 2.75) is 52.2 Å². The third kappa shape index (κ3) is 5.64. The summed E-state index contributed by atoms with van der Waals surface area (Å²) in [6, 6.07) is 10.5. The summed E-state index contributed by atoms with van der Waals surface area (Å²) < 4.78 is 5.81. The number of thiophene rings is 1. The summed E-state index contributed by atoms with van der Waals surface area (Å²) in [5.41, 5.74) is 3.40. The Morgan fingerprint density at radius 2 is 2.00 bits per heavy atom. The van der Waals surface area contributed by atoms with Gasteiger partial charge in [0, 0.05) is 30.3 Å². The zero-order valence-corrected chi connectivity index (χ0v) is 17.2. The molecule has 0 bridgehead atoms. The minimum Gasteiger partial charge on any atom is -0.377 e. The average Bonchev–Trinajstić information content (AvgIpc) is 3.36. The van der Waals surface area contributed by atoms with Crippen LogP contribution in [0.5, 0.6) is 0 Å². The van der Waals surface area contributed by atoms with Gasteiger partial charge in [-0.15, -0.1) is 11.3 Å². The summed E-state index contributed by atoms with van der Waals surface area (Å²) >= 11 is 1.74. The molecule has 1 aliphatic heterocycles. The van der Waals surface area contributed by atoms with Crippen molar-refractivity contribution in [2.24, 2.45) is 0 Å². The number of ether oxygens (including phenoxy) is 1. The molecule has 0 aliphatic carbocycles. The fourth-order valence-corrected chi connectivity index (χ4v) is 4.42. The SMILES string of the molecule is CCc1cccc(CC)c1NC(=O)CN(Cc1cccs1)C[C@H]1CCCO1. The number of carbonyl (C=O) groups excluding carboxylic acids is 1. The number of hydrogen-bond acceptors (Lipinski definition) is 4. The molecule has 0 unspecified atom stereocenters. The average molecular weight is 387 g/mol. The molecule has 3 rings (SSSR count). The number of para-hydroxylation sites is 1. The fourth-order valence-electron chi connectivity index (χ4n) is 3.67. The summed E-state index contributed by atoms with van der Waals surface area (Å²) in [7, 11) is 0. The number of carbonyl (C=O) groups is 1. The Labute approximate surface area is 166 Å². The molecule has 2 aromatic rings. The second-order valence-corrected chi connectivity index (χ2v) is 8.12. The van der Waals surface area contributed by atoms with E-state index in [2.05, 4.69) is 59.8 Å². The van der Waals surface area contributed by atoms with Crippen LogP contribution in [0.2, 0.25) is 0 Å². The molecule has 1 aromatic heterocycles. The molecule has 1 fully saturated rings. The van der Waals surface area contributed by atoms with E-state index in [4.69, 9.17) is 4.74 Å². The van der Waals surface area contributed by atoms with Gasteiger partial charge < -0.3 is 10.1 Å². The molecule has 27 heavy (non-hydrogen) atoms. The van der Waals surface area contributed by atoms with Gasteiger partial charge in [0.25, 0.3) is 0 Å². The predicted molar refractivity (Wildman–Crippen MR) is 112 cm³/mol. The second kappa shape index (κ2) is 10.0. The third-order valence-electron chi connectivity index (χ3n) is 5.08. The lowest BCUT2D eigenvalue weighted by Crippen LogP contribution is -2.38. The Morgan fingerprint density at radius 3 is 2.59 bits per heavy atom. The number of anilines is 1. The van der Waals surface area contributed by atoms with Crippen LogP contribution in [0.3, 0.4) is 0 Å². The Kier molecular flexibility index (Phi) is 7.44. The van der Waals surface area contributed by atoms with Gasteiger partial charge in [-0.3, -0.25) is 9.69 Å². The van der Waals surface area contributed by atoms with Crippen molar-refractivity contribution in [3.8, 4) is 0 Å². The van der Waals surface area contributed by atoms with Gasteiger partial charge in [-0.05, 0) is 48.3 Å². The quantitative estimate of drug-likeness (QED) is 0.690. The van der Waals surface area contributed by atoms with Crippen LogP contribution in [0.25, 0.3) is 0 Å². The minimum atomic E-state index is 0.0557. The van der Waals surface area contributed by atoms with Gasteiger partial charge in [-0.1, -0.05) is 38.1 Å². The van der Waals surface area contributed by atoms with Crippen molar-refractivity contribution in [3.05, 3.63) is 51.7 Å². The predicted octanol–water partition coefficient (Wildman–Crippen LogP) is 4.49. The van der Waals surface area contributed by atoms with Gasteiger partial charge in [-0.2, -0.15) is 0 Å². The summed E-state index contributed by atoms with van der Waals surface area (Å²) in [6.45, 7) is 7.09. The summed E-state index contributed by atoms with van der Waals surface area (Å²) in [6.07, 6.45) is 4.28. The lowest BCUT2D eigenvalue weighted by atomic mass is 10.0. The molecule has 0 spiro atoms. The fraction of sp³-hybridized carbons (Fsp3) is 0.500. The molecule has 1 saturated heterocycles. The number of hydrogen-bond donors (Lipinski definition) is 1. The van der Waals surface area contributed by atoms with Crippen molar-refractivity contribution in [2.75, 3.05) is 25.0 Å². The first kappa shape index (κ1) is 20.1. The van der Waals surface area contributed by atoms with Crippen LogP contribution in [0.1, 0.15) is 42.7 Å². The third-order valence-corrected chi connectivity index (χ3v) is 5.94. The van der Waals surface area contributed by atoms with Gasteiger partial charge in [0.2, 0.25) is 5.91 Å². The molecule has 2 heterocycles. The summed E-state index contributed by atoms with van der Waals surface area (Å²) in [5, 5.41) is 5.29. The molecule has 0 radical (unpaired) electrons. The van der Waals surface area contributed by atoms with E-state index in [1.54, 1.807) is 11.3 Å². The lowest BCUT2D eigenvalue weighted by molar-refractivity contribution is -0.117. The monoisotopic (exact) mass is 386 g/mol. The number of nitrogens with one attached hydrogen (secondary N) is 1. The Bertz CT molecular complexity index is 702. The smallest absolute Gasteiger partial charge is 0.238 e. The Morgan fingerprint density at radius 1 is 1.22 bits per heavy atom. The topological polar surface area (TPSA) is 41.6 Å². The van der Waals surface area contributed by atoms with Crippen LogP contribution in [-0.4, -0.2) is 36.6 Å². The first-order valence-electron chi connectivity index (χ1n) is 9.96. The Hall–Kier alpha value is -1.69. The first-order chi connectivity index (χ1) is 13.2. The number of aryl methyl sites for hydroxylation is 2. The van der Waals surface area contributed by atoms with E-state index in [1.165, 1.54) is 16.0 Å². The van der Waals surface area contributed by atoms with Crippen molar-refractivity contribution in [1.29, 1.82) is 0 Å². The zero-order chi connectivity index (χ0) is 19.1. The molecule has 1 amide bonds. The molecule has 1 aliphatic rings. The van der Waals surface area contributed by atoms with Crippen molar-refractivity contribution >= 4 is 22.9 Å². The van der Waals surface area contributed by atoms with Gasteiger partial charge in [-0.25, -0.2) is 0 Å². The maximum atomic E-state index is 12.9. The van der Waals surface area contributed by atoms with E-state index in [-0.39, 0.29) is 12.0 Å². The minimum absolute atomic E-state index is 0.0557. The number of amides is 1. The standard InChI is InChI=1S/C22H30N2O2S/c1-3-17-8-5-9-18(4-2)22(17)23-21(25)16-24(14-19-10-6-12-26-19)15-20-11-7-13-27-20/h5,7-9,11,13,19H,3-4,6,10,12,14-16H2,1-2H3,(H,23,25)/t19-/m1/s1. The van der Waals surface area contributed by atoms with Gasteiger partial charge in [0.1, 0.15) is 0 Å². The van der Waals surface area contributed by atoms with E-state index >= 15 is 0 Å². The largest absolute Gasteiger partial charge is 0.377 e. The highest BCUT2D eigenvalue weighted by atomic mass is 32.1. The molecule has 1 atom stereocenters. The molecular formula is C22H30N2O2S. The van der Waals surface area contributed by atoms with Crippen LogP contribution in [0.4, 0.5) is 5.69 Å². The van der Waals surface area contributed by atoms with E-state index in [9.17, 15) is 4.79 Å². The van der Waals surface area contributed by atoms with Crippen LogP contribution < -0.4 is 5.32 Å². The van der Waals surface area contributed by atoms with Crippen LogP contribution >= 0.6 is 11.3 Å². The highest BCUT2D eigenvalue weighted by Gasteiger charge is 2.22. The first-order valence-corrected chi connectivity index (χ1v) is 10.8. The van der Waals surface area contributed by atoms with Crippen molar-refractivity contribution < 1.29 is 9.53 Å². The maximum absolute atomic E-state index is 12.9. The van der Waals surface area contributed by atoms with Crippen LogP contribution in [0, 0.1) is 0 Å². The van der Waals surface area contributed by atoms with E-state index in [0.29, 0.717) is 6.54 Å². The lowest BCUT2D eigenvalue weighted by Gasteiger charge is -2.24. The highest BCUT2D eigenvalue weighted by molar-refractivity contribution is 7.09. The molecule has 5 heteroatoms. The Balaban J connectivity index is 1.68. The van der Waals surface area contributed by atoms with Gasteiger partial charge in [0.15, 0.2) is 0 Å². The van der Waals surface area contributed by atoms with E-state index in [0.717, 1.165) is 51.1 Å². The van der Waals surface area contributed by atoms with Crippen LogP contribution in [0.15, 0.2) is 35.7 Å². The van der Waals surface area contributed by atoms with Crippen molar-refractivity contribution in [1.82, 2.24) is 4.90 Å². The van der Waals surface area contributed by atoms with Crippen LogP contribution in [-0.2, 0) is 28.9 Å². The second-order valence-electron chi connectivity index (χ2n) is 7.09. The molecular weight excluding hydrogens is 356 g/mol. The number of benzene rings is 1. The molecule has 1 aromatic carbocycles. The maximum Gasteiger partial charge on any atom is 0.238 e. The molecule has 146 valence electrons. The van der Waals surface area contributed by atoms with E-state index in [1.807, 2.05) is 0 Å². The normalized spacial score (nSPS) is 16.8. The van der Waals surface area contributed by atoms with Gasteiger partial charge in [0.05, 0.1) is 12.6 Å². The molecule has 1 N–H and O–H groups in total. The highest BCUT2D eigenvalue weighted by Crippen LogP contribution is 2.23. The molecule has 0 saturated carbocycles. The summed E-state index contributed by atoms with van der Waals surface area (Å²) in [5.74, 6) is 0.0557. The summed E-state index contributed by atoms with van der Waals surface area (Å²) in [4.78, 5) is 16.4. The number of nitrogens with zero attached hydrogens (tertiary/aromatic N) is 1. The molecule has 4 nitrogen and oxygen atoms in total. The van der Waals surface area contributed by atoms with Crippen molar-refractivity contribution in [3.63, 3.8) is 0 Å². The zero-order valence-electron chi connectivity index (χ0n) is 16.4.